The molecule has 1 aliphatic rings. The van der Waals surface area contributed by atoms with Crippen LogP contribution in [0.2, 0.25) is 0 Å². The summed E-state index contributed by atoms with van der Waals surface area (Å²) in [5.74, 6) is -0.297. The van der Waals surface area contributed by atoms with Crippen LogP contribution >= 0.6 is 0 Å². The number of carbonyl (C=O) groups excluding carboxylic acids is 1. The summed E-state index contributed by atoms with van der Waals surface area (Å²) < 4.78 is 47.8. The summed E-state index contributed by atoms with van der Waals surface area (Å²) in [7, 11) is 0. The molecule has 9 nitrogen and oxygen atoms in total. The number of ketones is 1. The van der Waals surface area contributed by atoms with E-state index < -0.39 is 36.3 Å². The third kappa shape index (κ3) is 12.0. The van der Waals surface area contributed by atoms with Crippen LogP contribution in [0.5, 0.6) is 17.2 Å². The van der Waals surface area contributed by atoms with E-state index >= 15 is 0 Å². The summed E-state index contributed by atoms with van der Waals surface area (Å²) in [4.78, 5) is 13.8. The van der Waals surface area contributed by atoms with Crippen molar-refractivity contribution in [1.29, 1.82) is 0 Å². The Labute approximate surface area is 387 Å². The Morgan fingerprint density at radius 1 is 0.515 bits per heavy atom. The van der Waals surface area contributed by atoms with Crippen molar-refractivity contribution in [1.82, 2.24) is 0 Å². The maximum Gasteiger partial charge on any atom is 0.167 e. The highest BCUT2D eigenvalue weighted by Gasteiger charge is 2.51. The van der Waals surface area contributed by atoms with Gasteiger partial charge in [-0.25, -0.2) is 0 Å². The number of ether oxygens (including phenoxy) is 7. The summed E-state index contributed by atoms with van der Waals surface area (Å²) >= 11 is 0. The third-order valence-electron chi connectivity index (χ3n) is 11.7. The summed E-state index contributed by atoms with van der Waals surface area (Å²) in [6, 6.07) is 58.9. The number of phenolic OH excluding ortho intramolecular Hbond substituents is 1. The molecule has 9 heteroatoms. The Kier molecular flexibility index (Phi) is 16.0. The standard InChI is InChI=1S/C57H56O9/c1-40-20-18-19-31-47(40)38-62-49-32-48(61-34-43-23-10-4-11-24-43)51(41(2)58)53(59)52(49)55-57(65-37-46-29-16-7-17-30-46)56(64-36-45-27-14-6-15-28-45)54(63-35-44-25-12-5-13-26-44)50(66-55)39-60-33-42-21-8-3-9-22-42/h3-32,50,54-57,59H,33-39H2,1-2H3/t50-,54-,55+,56+,57+/m1/s1. The van der Waals surface area contributed by atoms with Gasteiger partial charge in [-0.15, -0.1) is 0 Å². The Balaban J connectivity index is 1.26. The predicted molar refractivity (Wildman–Crippen MR) is 253 cm³/mol. The number of carbonyl (C=O) groups is 1. The average Bonchev–Trinajstić information content (AvgIpc) is 3.35. The van der Waals surface area contributed by atoms with Crippen molar-refractivity contribution >= 4 is 5.78 Å². The molecule has 8 rings (SSSR count). The van der Waals surface area contributed by atoms with Crippen LogP contribution in [-0.4, -0.2) is 41.9 Å². The second kappa shape index (κ2) is 23.0. The van der Waals surface area contributed by atoms with E-state index in [2.05, 4.69) is 0 Å². The van der Waals surface area contributed by atoms with Crippen LogP contribution in [0.25, 0.3) is 0 Å². The zero-order valence-corrected chi connectivity index (χ0v) is 37.4. The average molecular weight is 885 g/mol. The maximum atomic E-state index is 13.8. The van der Waals surface area contributed by atoms with Crippen molar-refractivity contribution in [2.45, 2.75) is 84.0 Å². The minimum Gasteiger partial charge on any atom is -0.507 e. The number of hydrogen-bond acceptors (Lipinski definition) is 9. The first-order chi connectivity index (χ1) is 32.4. The summed E-state index contributed by atoms with van der Waals surface area (Å²) in [6.45, 7) is 4.80. The fourth-order valence-corrected chi connectivity index (χ4v) is 8.17. The highest BCUT2D eigenvalue weighted by Crippen LogP contribution is 2.49. The van der Waals surface area contributed by atoms with Gasteiger partial charge in [-0.1, -0.05) is 176 Å². The van der Waals surface area contributed by atoms with E-state index in [1.807, 2.05) is 183 Å². The minimum atomic E-state index is -1.08. The number of hydrogen-bond donors (Lipinski definition) is 1. The summed E-state index contributed by atoms with van der Waals surface area (Å²) in [5, 5.41) is 12.7. The lowest BCUT2D eigenvalue weighted by Gasteiger charge is -2.46. The molecular weight excluding hydrogens is 829 g/mol. The van der Waals surface area contributed by atoms with Crippen molar-refractivity contribution in [3.8, 4) is 17.2 Å². The molecule has 0 bridgehead atoms. The molecule has 1 heterocycles. The van der Waals surface area contributed by atoms with Gasteiger partial charge < -0.3 is 38.3 Å². The number of rotatable bonds is 21. The van der Waals surface area contributed by atoms with Gasteiger partial charge in [-0.2, -0.15) is 0 Å². The zero-order chi connectivity index (χ0) is 45.5. The molecule has 0 spiro atoms. The fraction of sp³-hybridized carbons (Fsp3) is 0.246. The van der Waals surface area contributed by atoms with Crippen LogP contribution < -0.4 is 9.47 Å². The van der Waals surface area contributed by atoms with Crippen LogP contribution in [0.4, 0.5) is 0 Å². The van der Waals surface area contributed by atoms with Gasteiger partial charge in [0.1, 0.15) is 66.5 Å². The molecular formula is C57H56O9. The Morgan fingerprint density at radius 3 is 1.47 bits per heavy atom. The van der Waals surface area contributed by atoms with E-state index in [-0.39, 0.29) is 68.0 Å². The van der Waals surface area contributed by atoms with Crippen molar-refractivity contribution in [3.05, 3.63) is 232 Å². The molecule has 0 unspecified atom stereocenters. The molecule has 0 aliphatic carbocycles. The van der Waals surface area contributed by atoms with E-state index in [1.165, 1.54) is 6.92 Å². The quantitative estimate of drug-likeness (QED) is 0.0707. The fourth-order valence-electron chi connectivity index (χ4n) is 8.17. The molecule has 1 saturated heterocycles. The topological polar surface area (TPSA) is 102 Å². The van der Waals surface area contributed by atoms with E-state index in [4.69, 9.17) is 33.2 Å². The largest absolute Gasteiger partial charge is 0.507 e. The monoisotopic (exact) mass is 884 g/mol. The Bertz CT molecular complexity index is 2570. The van der Waals surface area contributed by atoms with Gasteiger partial charge in [0.15, 0.2) is 5.78 Å². The van der Waals surface area contributed by atoms with Crippen molar-refractivity contribution in [2.24, 2.45) is 0 Å². The highest BCUT2D eigenvalue weighted by molar-refractivity contribution is 6.00. The predicted octanol–water partition coefficient (Wildman–Crippen LogP) is 11.5. The lowest BCUT2D eigenvalue weighted by atomic mass is 9.88. The second-order valence-corrected chi connectivity index (χ2v) is 16.4. The minimum absolute atomic E-state index is 0.00401. The molecule has 0 saturated carbocycles. The van der Waals surface area contributed by atoms with E-state index in [1.54, 1.807) is 6.07 Å². The molecule has 1 N–H and O–H groups in total. The molecule has 7 aromatic rings. The highest BCUT2D eigenvalue weighted by atomic mass is 16.6. The lowest BCUT2D eigenvalue weighted by Crippen LogP contribution is -2.58. The molecule has 5 atom stereocenters. The number of aromatic hydroxyl groups is 1. The van der Waals surface area contributed by atoms with Gasteiger partial charge in [-0.3, -0.25) is 4.79 Å². The molecule has 66 heavy (non-hydrogen) atoms. The second-order valence-electron chi connectivity index (χ2n) is 16.4. The molecule has 1 fully saturated rings. The first-order valence-corrected chi connectivity index (χ1v) is 22.4. The normalized spacial score (nSPS) is 18.1. The lowest BCUT2D eigenvalue weighted by molar-refractivity contribution is -0.275. The summed E-state index contributed by atoms with van der Waals surface area (Å²) in [5.41, 5.74) is 6.91. The molecule has 338 valence electrons. The maximum absolute atomic E-state index is 13.8. The van der Waals surface area contributed by atoms with Gasteiger partial charge in [0, 0.05) is 6.07 Å². The van der Waals surface area contributed by atoms with Gasteiger partial charge in [0.2, 0.25) is 0 Å². The zero-order valence-electron chi connectivity index (χ0n) is 37.4. The van der Waals surface area contributed by atoms with Crippen LogP contribution in [0.1, 0.15) is 67.9 Å². The van der Waals surface area contributed by atoms with Crippen molar-refractivity contribution in [2.75, 3.05) is 6.61 Å². The van der Waals surface area contributed by atoms with Crippen molar-refractivity contribution in [3.63, 3.8) is 0 Å². The van der Waals surface area contributed by atoms with E-state index in [0.29, 0.717) is 6.61 Å². The number of Topliss-reactive ketones (excluding diaryl/α,β-unsaturated/α-hetero) is 1. The number of benzene rings is 7. The number of aryl methyl sites for hydroxylation is 1. The van der Waals surface area contributed by atoms with E-state index in [9.17, 15) is 9.90 Å². The Morgan fingerprint density at radius 2 is 0.955 bits per heavy atom. The van der Waals surface area contributed by atoms with Crippen LogP contribution in [0.15, 0.2) is 182 Å². The van der Waals surface area contributed by atoms with Gasteiger partial charge in [0.05, 0.1) is 38.6 Å². The van der Waals surface area contributed by atoms with Crippen LogP contribution in [0.3, 0.4) is 0 Å². The first-order valence-electron chi connectivity index (χ1n) is 22.4. The third-order valence-corrected chi connectivity index (χ3v) is 11.7. The number of phenols is 1. The van der Waals surface area contributed by atoms with Gasteiger partial charge in [0.25, 0.3) is 0 Å². The van der Waals surface area contributed by atoms with Crippen LogP contribution in [-0.2, 0) is 63.3 Å². The molecule has 1 aliphatic heterocycles. The van der Waals surface area contributed by atoms with Crippen molar-refractivity contribution < 1.29 is 43.1 Å². The first kappa shape index (κ1) is 46.0. The SMILES string of the molecule is CC(=O)c1c(OCc2ccccc2)cc(OCc2ccccc2C)c([C@@H]2O[C@H](COCc3ccccc3)[C@@H](OCc3ccccc3)[C@H](OCc3ccccc3)[C@H]2OCc2ccccc2)c1O. The molecule has 0 aromatic heterocycles. The van der Waals surface area contributed by atoms with Crippen LogP contribution in [0, 0.1) is 6.92 Å². The van der Waals surface area contributed by atoms with E-state index in [0.717, 1.165) is 38.9 Å². The Hall–Kier alpha value is -6.59. The molecule has 0 amide bonds. The molecule has 7 aromatic carbocycles. The van der Waals surface area contributed by atoms with Gasteiger partial charge in [-0.05, 0) is 52.8 Å². The summed E-state index contributed by atoms with van der Waals surface area (Å²) in [6.07, 6.45) is -4.31. The van der Waals surface area contributed by atoms with Gasteiger partial charge >= 0.3 is 0 Å². The molecule has 0 radical (unpaired) electrons. The smallest absolute Gasteiger partial charge is 0.167 e.